The van der Waals surface area contributed by atoms with Crippen LogP contribution in [0.3, 0.4) is 0 Å². The van der Waals surface area contributed by atoms with Crippen LogP contribution in [-0.2, 0) is 9.13 Å². The van der Waals surface area contributed by atoms with Gasteiger partial charge in [0.1, 0.15) is 6.54 Å². The van der Waals surface area contributed by atoms with E-state index in [2.05, 4.69) is 0 Å². The van der Waals surface area contributed by atoms with Crippen LogP contribution in [-0.4, -0.2) is 61.9 Å². The van der Waals surface area contributed by atoms with Gasteiger partial charge in [0.2, 0.25) is 0 Å². The highest BCUT2D eigenvalue weighted by Gasteiger charge is 2.62. The van der Waals surface area contributed by atoms with E-state index in [4.69, 9.17) is 19.6 Å². The van der Waals surface area contributed by atoms with E-state index in [-0.39, 0.29) is 4.48 Å². The summed E-state index contributed by atoms with van der Waals surface area (Å²) in [5, 5.41) is 6.14. The summed E-state index contributed by atoms with van der Waals surface area (Å²) in [6, 6.07) is 0. The fourth-order valence-corrected chi connectivity index (χ4v) is 3.56. The Morgan fingerprint density at radius 3 is 1.33 bits per heavy atom. The van der Waals surface area contributed by atoms with E-state index in [1.807, 2.05) is 0 Å². The lowest BCUT2D eigenvalue weighted by Gasteiger charge is -2.35. The lowest BCUT2D eigenvalue weighted by atomic mass is 10.5. The predicted molar refractivity (Wildman–Crippen MR) is 51.9 cm³/mol. The maximum absolute atomic E-state index is 10.9. The summed E-state index contributed by atoms with van der Waals surface area (Å²) < 4.78 is 21.6. The number of likely N-dealkylation sites (N-methyl/N-ethyl adjacent to an activating group) is 1. The quantitative estimate of drug-likeness (QED) is 0.314. The molecule has 15 heavy (non-hydrogen) atoms. The topological polar surface area (TPSA) is 135 Å². The van der Waals surface area contributed by atoms with Crippen LogP contribution in [0.2, 0.25) is 0 Å². The first kappa shape index (κ1) is 15.2. The molecule has 0 heterocycles. The van der Waals surface area contributed by atoms with Gasteiger partial charge in [-0.25, -0.2) is 0 Å². The molecule has 0 aromatic rings. The average molecular weight is 264 g/mol. The summed E-state index contributed by atoms with van der Waals surface area (Å²) in [7, 11) is -6.34. The van der Waals surface area contributed by atoms with Crippen LogP contribution in [0.5, 0.6) is 0 Å². The van der Waals surface area contributed by atoms with Crippen LogP contribution in [0.4, 0.5) is 0 Å². The molecule has 0 saturated carbocycles. The SMILES string of the molecule is C[N+](C)(C)CC(O)(P(=O)(O)O)P(=O)(O)O. The Morgan fingerprint density at radius 2 is 1.27 bits per heavy atom. The number of hydrogen-bond donors (Lipinski definition) is 5. The third kappa shape index (κ3) is 3.62. The fraction of sp³-hybridized carbons (Fsp3) is 1.00. The highest BCUT2D eigenvalue weighted by molar-refractivity contribution is 7.72. The van der Waals surface area contributed by atoms with Gasteiger partial charge >= 0.3 is 20.3 Å². The fourth-order valence-electron chi connectivity index (χ4n) is 0.990. The minimum atomic E-state index is -5.33. The van der Waals surface area contributed by atoms with Crippen molar-refractivity contribution in [3.63, 3.8) is 0 Å². The van der Waals surface area contributed by atoms with E-state index in [0.717, 1.165) is 0 Å². The molecule has 10 heteroatoms. The zero-order chi connectivity index (χ0) is 12.7. The molecule has 0 aliphatic heterocycles. The van der Waals surface area contributed by atoms with Gasteiger partial charge in [0.15, 0.2) is 0 Å². The number of rotatable bonds is 4. The molecule has 0 radical (unpaired) electrons. The maximum Gasteiger partial charge on any atom is 0.375 e. The van der Waals surface area contributed by atoms with Crippen LogP contribution >= 0.6 is 15.2 Å². The summed E-state index contributed by atoms with van der Waals surface area (Å²) in [5.41, 5.74) is 0. The van der Waals surface area contributed by atoms with E-state index >= 15 is 0 Å². The first-order valence-corrected chi connectivity index (χ1v) is 7.07. The van der Waals surface area contributed by atoms with Crippen LogP contribution in [0.1, 0.15) is 0 Å². The van der Waals surface area contributed by atoms with Gasteiger partial charge in [0.25, 0.3) is 0 Å². The monoisotopic (exact) mass is 264 g/mol. The van der Waals surface area contributed by atoms with Crippen molar-refractivity contribution in [1.29, 1.82) is 0 Å². The Balaban J connectivity index is 5.46. The molecule has 0 spiro atoms. The Labute approximate surface area is 87.1 Å². The summed E-state index contributed by atoms with van der Waals surface area (Å²) >= 11 is 0. The number of aliphatic hydroxyl groups is 1. The lowest BCUT2D eigenvalue weighted by Crippen LogP contribution is -2.48. The van der Waals surface area contributed by atoms with E-state index in [1.54, 1.807) is 0 Å². The second-order valence-electron chi connectivity index (χ2n) is 4.31. The molecular formula is C5H16NO7P2+. The molecule has 0 saturated heterocycles. The Kier molecular flexibility index (Phi) is 3.96. The third-order valence-corrected chi connectivity index (χ3v) is 5.33. The van der Waals surface area contributed by atoms with Crippen molar-refractivity contribution in [3.8, 4) is 0 Å². The molecule has 0 aromatic heterocycles. The Bertz CT molecular complexity index is 301. The smallest absolute Gasteiger partial charge is 0.363 e. The second kappa shape index (κ2) is 3.91. The normalized spacial score (nSPS) is 15.5. The van der Waals surface area contributed by atoms with Gasteiger partial charge in [-0.1, -0.05) is 0 Å². The van der Waals surface area contributed by atoms with E-state index in [9.17, 15) is 14.2 Å². The van der Waals surface area contributed by atoms with Gasteiger partial charge in [-0.2, -0.15) is 0 Å². The molecule has 0 fully saturated rings. The van der Waals surface area contributed by atoms with Gasteiger partial charge in [0.05, 0.1) is 21.1 Å². The zero-order valence-corrected chi connectivity index (χ0v) is 10.4. The van der Waals surface area contributed by atoms with Crippen LogP contribution in [0.15, 0.2) is 0 Å². The Hall–Kier alpha value is 0.220. The summed E-state index contributed by atoms with van der Waals surface area (Å²) in [6.45, 7) is -0.762. The van der Waals surface area contributed by atoms with Crippen LogP contribution in [0.25, 0.3) is 0 Å². The summed E-state index contributed by atoms with van der Waals surface area (Å²) in [5.74, 6) is 0. The predicted octanol–water partition coefficient (Wildman–Crippen LogP) is -1.31. The number of nitrogens with zero attached hydrogens (tertiary/aromatic N) is 1. The molecule has 0 aliphatic carbocycles. The molecule has 0 aliphatic rings. The summed E-state index contributed by atoms with van der Waals surface area (Å²) in [6.07, 6.45) is 0. The molecule has 92 valence electrons. The minimum Gasteiger partial charge on any atom is -0.363 e. The van der Waals surface area contributed by atoms with E-state index < -0.39 is 26.8 Å². The van der Waals surface area contributed by atoms with Crippen LogP contribution in [0, 0.1) is 0 Å². The molecule has 0 amide bonds. The molecule has 8 nitrogen and oxygen atoms in total. The highest BCUT2D eigenvalue weighted by Crippen LogP contribution is 2.67. The standard InChI is InChI=1S/C5H15NO7P2/c1-6(2,3)4-5(7,14(8,9)10)15(11,12)13/h7H,4H2,1-3H3,(H3-,8,9,10,11,12,13)/p+1. The largest absolute Gasteiger partial charge is 0.375 e. The van der Waals surface area contributed by atoms with Gasteiger partial charge in [-0.05, 0) is 0 Å². The van der Waals surface area contributed by atoms with Crippen molar-refractivity contribution >= 4 is 15.2 Å². The van der Waals surface area contributed by atoms with Gasteiger partial charge in [-0.3, -0.25) is 9.13 Å². The summed E-state index contributed by atoms with van der Waals surface area (Å²) in [4.78, 5) is 35.2. The van der Waals surface area contributed by atoms with Crippen molar-refractivity contribution in [3.05, 3.63) is 0 Å². The molecular weight excluding hydrogens is 248 g/mol. The third-order valence-electron chi connectivity index (χ3n) is 1.62. The van der Waals surface area contributed by atoms with E-state index in [1.165, 1.54) is 21.1 Å². The first-order chi connectivity index (χ1) is 6.21. The van der Waals surface area contributed by atoms with E-state index in [0.29, 0.717) is 0 Å². The average Bonchev–Trinajstić information content (AvgIpc) is 1.77. The minimum absolute atomic E-state index is 0.202. The van der Waals surface area contributed by atoms with Crippen molar-refractivity contribution < 1.29 is 38.3 Å². The van der Waals surface area contributed by atoms with Gasteiger partial charge < -0.3 is 29.2 Å². The molecule has 0 atom stereocenters. The molecule has 0 aromatic carbocycles. The van der Waals surface area contributed by atoms with Crippen molar-refractivity contribution in [2.24, 2.45) is 0 Å². The molecule has 5 N–H and O–H groups in total. The van der Waals surface area contributed by atoms with Gasteiger partial charge in [-0.15, -0.1) is 0 Å². The van der Waals surface area contributed by atoms with Gasteiger partial charge in [0, 0.05) is 0 Å². The van der Waals surface area contributed by atoms with Crippen molar-refractivity contribution in [2.45, 2.75) is 5.08 Å². The number of quaternary nitrogens is 1. The second-order valence-corrected chi connectivity index (χ2v) is 8.32. The first-order valence-electron chi connectivity index (χ1n) is 3.85. The molecule has 0 unspecified atom stereocenters. The molecule has 0 bridgehead atoms. The molecule has 0 rings (SSSR count). The van der Waals surface area contributed by atoms with Crippen molar-refractivity contribution in [1.82, 2.24) is 0 Å². The number of hydrogen-bond acceptors (Lipinski definition) is 3. The zero-order valence-electron chi connectivity index (χ0n) is 8.60. The van der Waals surface area contributed by atoms with Crippen LogP contribution < -0.4 is 0 Å². The van der Waals surface area contributed by atoms with Crippen molar-refractivity contribution in [2.75, 3.05) is 27.7 Å². The maximum atomic E-state index is 10.9. The lowest BCUT2D eigenvalue weighted by molar-refractivity contribution is -0.873. The Morgan fingerprint density at radius 1 is 1.00 bits per heavy atom. The highest BCUT2D eigenvalue weighted by atomic mass is 31.2.